The lowest BCUT2D eigenvalue weighted by molar-refractivity contribution is 0.0953. The number of hydrogen-bond donors (Lipinski definition) is 2. The molecule has 4 rings (SSSR count). The average Bonchev–Trinajstić information content (AvgIpc) is 3.13. The average molecular weight is 398 g/mol. The van der Waals surface area contributed by atoms with E-state index in [1.165, 1.54) is 12.5 Å². The molecule has 1 fully saturated rings. The molecule has 2 aromatic heterocycles. The highest BCUT2D eigenvalue weighted by molar-refractivity contribution is 7.80. The Morgan fingerprint density at radius 1 is 1.18 bits per heavy atom. The van der Waals surface area contributed by atoms with E-state index in [0.717, 1.165) is 31.3 Å². The molecule has 1 aromatic carbocycles. The van der Waals surface area contributed by atoms with Crippen LogP contribution in [-0.2, 0) is 0 Å². The molecule has 0 saturated carbocycles. The van der Waals surface area contributed by atoms with Gasteiger partial charge in [-0.2, -0.15) is 0 Å². The Labute approximate surface area is 166 Å². The summed E-state index contributed by atoms with van der Waals surface area (Å²) in [4.78, 5) is 18.3. The van der Waals surface area contributed by atoms with E-state index in [1.54, 1.807) is 36.7 Å². The molecular formula is C20H19FN4O2S. The van der Waals surface area contributed by atoms with Gasteiger partial charge in [0.25, 0.3) is 5.91 Å². The second-order valence-corrected chi connectivity index (χ2v) is 7.05. The number of rotatable bonds is 3. The zero-order valence-electron chi connectivity index (χ0n) is 15.1. The van der Waals surface area contributed by atoms with E-state index in [1.807, 2.05) is 0 Å². The summed E-state index contributed by atoms with van der Waals surface area (Å²) in [5, 5.41) is 6.16. The number of pyridine rings is 1. The van der Waals surface area contributed by atoms with Gasteiger partial charge in [0.2, 0.25) is 0 Å². The normalized spacial score (nSPS) is 14.1. The number of hydrogen-bond acceptors (Lipinski definition) is 5. The zero-order valence-corrected chi connectivity index (χ0v) is 15.9. The van der Waals surface area contributed by atoms with Crippen molar-refractivity contribution >= 4 is 45.6 Å². The fourth-order valence-electron chi connectivity index (χ4n) is 3.30. The predicted octanol–water partition coefficient (Wildman–Crippen LogP) is 4.08. The van der Waals surface area contributed by atoms with Crippen molar-refractivity contribution in [3.8, 4) is 0 Å². The van der Waals surface area contributed by atoms with Gasteiger partial charge in [-0.1, -0.05) is 0 Å². The molecule has 1 saturated heterocycles. The van der Waals surface area contributed by atoms with Crippen LogP contribution in [0, 0.1) is 5.82 Å². The van der Waals surface area contributed by atoms with Gasteiger partial charge in [0.1, 0.15) is 11.4 Å². The van der Waals surface area contributed by atoms with E-state index in [2.05, 4.69) is 20.5 Å². The third-order valence-electron chi connectivity index (χ3n) is 4.67. The molecule has 3 heterocycles. The van der Waals surface area contributed by atoms with Gasteiger partial charge in [-0.15, -0.1) is 0 Å². The summed E-state index contributed by atoms with van der Waals surface area (Å²) in [5.41, 5.74) is 1.63. The molecule has 0 spiro atoms. The first-order chi connectivity index (χ1) is 13.6. The number of carbonyl (C=O) groups excluding carboxylic acids is 1. The lowest BCUT2D eigenvalue weighted by Gasteiger charge is -2.29. The number of anilines is 2. The molecule has 6 nitrogen and oxygen atoms in total. The quantitative estimate of drug-likeness (QED) is 0.648. The highest BCUT2D eigenvalue weighted by atomic mass is 32.1. The zero-order chi connectivity index (χ0) is 19.5. The van der Waals surface area contributed by atoms with Crippen LogP contribution in [0.2, 0.25) is 0 Å². The number of piperidine rings is 1. The Morgan fingerprint density at radius 2 is 2.00 bits per heavy atom. The summed E-state index contributed by atoms with van der Waals surface area (Å²) in [5.74, 6) is -0.677. The largest absolute Gasteiger partial charge is 0.451 e. The fourth-order valence-corrected chi connectivity index (χ4v) is 3.51. The van der Waals surface area contributed by atoms with E-state index in [9.17, 15) is 9.18 Å². The molecule has 144 valence electrons. The molecule has 8 heteroatoms. The second kappa shape index (κ2) is 7.93. The molecule has 1 aliphatic heterocycles. The Kier molecular flexibility index (Phi) is 5.21. The summed E-state index contributed by atoms with van der Waals surface area (Å²) < 4.78 is 20.0. The lowest BCUT2D eigenvalue weighted by Crippen LogP contribution is -2.34. The molecular weight excluding hydrogens is 379 g/mol. The van der Waals surface area contributed by atoms with Crippen molar-refractivity contribution in [1.82, 2.24) is 10.3 Å². The minimum atomic E-state index is -0.487. The maximum Gasteiger partial charge on any atom is 0.293 e. The SMILES string of the molecule is O=C(NC(=S)Nc1ccc(N2CCCCC2)c(F)c1)c1cc2cnccc2o1. The summed E-state index contributed by atoms with van der Waals surface area (Å²) in [6, 6.07) is 8.13. The highest BCUT2D eigenvalue weighted by Crippen LogP contribution is 2.25. The van der Waals surface area contributed by atoms with E-state index in [0.29, 0.717) is 17.0 Å². The summed E-state index contributed by atoms with van der Waals surface area (Å²) in [6.07, 6.45) is 6.54. The van der Waals surface area contributed by atoms with Crippen molar-refractivity contribution in [2.45, 2.75) is 19.3 Å². The van der Waals surface area contributed by atoms with Crippen molar-refractivity contribution in [2.24, 2.45) is 0 Å². The summed E-state index contributed by atoms with van der Waals surface area (Å²) >= 11 is 5.16. The van der Waals surface area contributed by atoms with Gasteiger partial charge in [-0.05, 0) is 61.8 Å². The van der Waals surface area contributed by atoms with Gasteiger partial charge >= 0.3 is 0 Å². The first kappa shape index (κ1) is 18.4. The maximum atomic E-state index is 14.5. The standard InChI is InChI=1S/C20H19FN4O2S/c21-15-11-14(4-5-16(15)25-8-2-1-3-9-25)23-20(28)24-19(26)18-10-13-12-22-7-6-17(13)27-18/h4-7,10-12H,1-3,8-9H2,(H2,23,24,26,28). The van der Waals surface area contributed by atoms with Gasteiger partial charge in [-0.25, -0.2) is 4.39 Å². The molecule has 1 aliphatic rings. The van der Waals surface area contributed by atoms with Crippen molar-refractivity contribution in [3.63, 3.8) is 0 Å². The minimum Gasteiger partial charge on any atom is -0.451 e. The highest BCUT2D eigenvalue weighted by Gasteiger charge is 2.16. The third-order valence-corrected chi connectivity index (χ3v) is 4.87. The predicted molar refractivity (Wildman–Crippen MR) is 110 cm³/mol. The Morgan fingerprint density at radius 3 is 2.75 bits per heavy atom. The molecule has 28 heavy (non-hydrogen) atoms. The number of carbonyl (C=O) groups is 1. The van der Waals surface area contributed by atoms with Crippen LogP contribution in [0.1, 0.15) is 29.8 Å². The number of nitrogens with one attached hydrogen (secondary N) is 2. The molecule has 0 unspecified atom stereocenters. The van der Waals surface area contributed by atoms with Gasteiger partial charge < -0.3 is 14.6 Å². The third kappa shape index (κ3) is 3.96. The number of thiocarbonyl (C=S) groups is 1. The van der Waals surface area contributed by atoms with Gasteiger partial charge in [0.05, 0.1) is 5.69 Å². The van der Waals surface area contributed by atoms with E-state index in [-0.39, 0.29) is 16.7 Å². The van der Waals surface area contributed by atoms with Crippen molar-refractivity contribution in [2.75, 3.05) is 23.3 Å². The number of fused-ring (bicyclic) bond motifs is 1. The van der Waals surface area contributed by atoms with Crippen LogP contribution in [-0.4, -0.2) is 29.1 Å². The maximum absolute atomic E-state index is 14.5. The van der Waals surface area contributed by atoms with Crippen LogP contribution in [0.5, 0.6) is 0 Å². The van der Waals surface area contributed by atoms with Crippen molar-refractivity contribution in [3.05, 3.63) is 54.3 Å². The lowest BCUT2D eigenvalue weighted by atomic mass is 10.1. The Balaban J connectivity index is 1.40. The number of amides is 1. The number of halogens is 1. The van der Waals surface area contributed by atoms with E-state index < -0.39 is 5.91 Å². The van der Waals surface area contributed by atoms with Gasteiger partial charge in [0.15, 0.2) is 10.9 Å². The molecule has 0 bridgehead atoms. The number of aromatic nitrogens is 1. The van der Waals surface area contributed by atoms with Gasteiger partial charge in [0, 0.05) is 36.6 Å². The molecule has 0 radical (unpaired) electrons. The molecule has 1 amide bonds. The van der Waals surface area contributed by atoms with Crippen LogP contribution in [0.3, 0.4) is 0 Å². The van der Waals surface area contributed by atoms with Crippen LogP contribution < -0.4 is 15.5 Å². The topological polar surface area (TPSA) is 70.4 Å². The van der Waals surface area contributed by atoms with Crippen molar-refractivity contribution in [1.29, 1.82) is 0 Å². The minimum absolute atomic E-state index is 0.0636. The Hall–Kier alpha value is -3.00. The van der Waals surface area contributed by atoms with Crippen LogP contribution in [0.15, 0.2) is 47.1 Å². The summed E-state index contributed by atoms with van der Waals surface area (Å²) in [6.45, 7) is 1.73. The second-order valence-electron chi connectivity index (χ2n) is 6.65. The first-order valence-electron chi connectivity index (χ1n) is 9.10. The molecule has 0 aliphatic carbocycles. The molecule has 2 N–H and O–H groups in total. The molecule has 3 aromatic rings. The number of furan rings is 1. The van der Waals surface area contributed by atoms with Gasteiger partial charge in [-0.3, -0.25) is 15.1 Å². The first-order valence-corrected chi connectivity index (χ1v) is 9.51. The fraction of sp³-hybridized carbons (Fsp3) is 0.250. The number of nitrogens with zero attached hydrogens (tertiary/aromatic N) is 2. The van der Waals surface area contributed by atoms with E-state index >= 15 is 0 Å². The van der Waals surface area contributed by atoms with Crippen LogP contribution in [0.25, 0.3) is 11.0 Å². The van der Waals surface area contributed by atoms with Crippen LogP contribution >= 0.6 is 12.2 Å². The molecule has 0 atom stereocenters. The van der Waals surface area contributed by atoms with Crippen LogP contribution in [0.4, 0.5) is 15.8 Å². The smallest absolute Gasteiger partial charge is 0.293 e. The summed E-state index contributed by atoms with van der Waals surface area (Å²) in [7, 11) is 0. The Bertz CT molecular complexity index is 997. The monoisotopic (exact) mass is 398 g/mol. The number of benzene rings is 1. The van der Waals surface area contributed by atoms with E-state index in [4.69, 9.17) is 16.6 Å². The van der Waals surface area contributed by atoms with Crippen molar-refractivity contribution < 1.29 is 13.6 Å².